The Morgan fingerprint density at radius 3 is 2.64 bits per heavy atom. The predicted molar refractivity (Wildman–Crippen MR) is 77.6 cm³/mol. The van der Waals surface area contributed by atoms with Gasteiger partial charge in [0.25, 0.3) is 5.56 Å². The van der Waals surface area contributed by atoms with E-state index in [2.05, 4.69) is 10.3 Å². The molecule has 0 spiro atoms. The second-order valence-electron chi connectivity index (χ2n) is 5.45. The number of rotatable bonds is 6. The second-order valence-corrected chi connectivity index (χ2v) is 5.45. The van der Waals surface area contributed by atoms with Gasteiger partial charge in [-0.1, -0.05) is 13.3 Å². The van der Waals surface area contributed by atoms with Crippen molar-refractivity contribution in [3.8, 4) is 0 Å². The Labute approximate surface area is 126 Å². The van der Waals surface area contributed by atoms with Crippen molar-refractivity contribution in [2.24, 2.45) is 5.92 Å². The molecule has 3 N–H and O–H groups in total. The average Bonchev–Trinajstić information content (AvgIpc) is 2.38. The standard InChI is InChI=1S/C14H19N3O5/c1-2-8-6-17(14(22)16-11(8)18)7-10(13(20)21)15-12(19)9-4-3-5-9/h6,9-10H,2-5,7H2,1H3,(H,15,19)(H,20,21)(H,16,18,22). The zero-order valence-corrected chi connectivity index (χ0v) is 12.3. The minimum atomic E-state index is -1.22. The summed E-state index contributed by atoms with van der Waals surface area (Å²) >= 11 is 0. The molecule has 8 nitrogen and oxygen atoms in total. The first kappa shape index (κ1) is 16.0. The van der Waals surface area contributed by atoms with Gasteiger partial charge in [-0.05, 0) is 19.3 Å². The first-order chi connectivity index (χ1) is 10.4. The molecule has 1 unspecified atom stereocenters. The van der Waals surface area contributed by atoms with Crippen LogP contribution in [-0.2, 0) is 22.6 Å². The number of aryl methyl sites for hydroxylation is 1. The Bertz CT molecular complexity index is 686. The number of nitrogens with one attached hydrogen (secondary N) is 2. The lowest BCUT2D eigenvalue weighted by Crippen LogP contribution is -2.49. The summed E-state index contributed by atoms with van der Waals surface area (Å²) in [7, 11) is 0. The normalized spacial score (nSPS) is 15.9. The first-order valence-electron chi connectivity index (χ1n) is 7.28. The van der Waals surface area contributed by atoms with E-state index in [9.17, 15) is 24.3 Å². The van der Waals surface area contributed by atoms with Crippen LogP contribution in [0.1, 0.15) is 31.7 Å². The van der Waals surface area contributed by atoms with Gasteiger partial charge < -0.3 is 10.4 Å². The largest absolute Gasteiger partial charge is 0.480 e. The van der Waals surface area contributed by atoms with E-state index in [1.807, 2.05) is 0 Å². The molecule has 0 saturated heterocycles. The van der Waals surface area contributed by atoms with Crippen LogP contribution in [0.5, 0.6) is 0 Å². The third kappa shape index (κ3) is 3.44. The van der Waals surface area contributed by atoms with E-state index in [0.717, 1.165) is 23.8 Å². The Kier molecular flexibility index (Phi) is 4.79. The Morgan fingerprint density at radius 1 is 1.45 bits per heavy atom. The summed E-state index contributed by atoms with van der Waals surface area (Å²) in [6, 6.07) is -1.21. The highest BCUT2D eigenvalue weighted by molar-refractivity contribution is 5.85. The molecule has 1 saturated carbocycles. The number of carboxylic acid groups (broad SMARTS) is 1. The summed E-state index contributed by atoms with van der Waals surface area (Å²) in [4.78, 5) is 48.6. The highest BCUT2D eigenvalue weighted by Crippen LogP contribution is 2.26. The van der Waals surface area contributed by atoms with E-state index in [0.29, 0.717) is 12.0 Å². The number of aromatic nitrogens is 2. The van der Waals surface area contributed by atoms with Crippen LogP contribution in [-0.4, -0.2) is 32.6 Å². The number of hydrogen-bond donors (Lipinski definition) is 3. The quantitative estimate of drug-likeness (QED) is 0.652. The van der Waals surface area contributed by atoms with Crippen LogP contribution in [0.4, 0.5) is 0 Å². The highest BCUT2D eigenvalue weighted by Gasteiger charge is 2.29. The van der Waals surface area contributed by atoms with Gasteiger partial charge in [0.05, 0.1) is 6.54 Å². The number of carboxylic acids is 1. The van der Waals surface area contributed by atoms with Crippen LogP contribution in [0.25, 0.3) is 0 Å². The summed E-state index contributed by atoms with van der Waals surface area (Å²) in [5.74, 6) is -1.66. The number of carbonyl (C=O) groups is 2. The Morgan fingerprint density at radius 2 is 2.14 bits per heavy atom. The number of amides is 1. The first-order valence-corrected chi connectivity index (χ1v) is 7.28. The van der Waals surface area contributed by atoms with Crippen molar-refractivity contribution in [2.45, 2.75) is 45.2 Å². The fraction of sp³-hybridized carbons (Fsp3) is 0.571. The van der Waals surface area contributed by atoms with E-state index in [-0.39, 0.29) is 18.4 Å². The van der Waals surface area contributed by atoms with Crippen molar-refractivity contribution in [1.29, 1.82) is 0 Å². The molecular weight excluding hydrogens is 290 g/mol. The molecule has 1 atom stereocenters. The van der Waals surface area contributed by atoms with Crippen LogP contribution >= 0.6 is 0 Å². The number of hydrogen-bond acceptors (Lipinski definition) is 4. The minimum absolute atomic E-state index is 0.139. The molecule has 1 heterocycles. The van der Waals surface area contributed by atoms with E-state index >= 15 is 0 Å². The molecule has 1 fully saturated rings. The molecule has 2 rings (SSSR count). The molecule has 22 heavy (non-hydrogen) atoms. The van der Waals surface area contributed by atoms with E-state index in [1.165, 1.54) is 6.20 Å². The number of nitrogens with zero attached hydrogens (tertiary/aromatic N) is 1. The van der Waals surface area contributed by atoms with Crippen molar-refractivity contribution in [3.05, 3.63) is 32.6 Å². The van der Waals surface area contributed by atoms with Crippen molar-refractivity contribution in [2.75, 3.05) is 0 Å². The highest BCUT2D eigenvalue weighted by atomic mass is 16.4. The molecule has 1 aliphatic rings. The van der Waals surface area contributed by atoms with Crippen molar-refractivity contribution in [1.82, 2.24) is 14.9 Å². The van der Waals surface area contributed by atoms with Crippen molar-refractivity contribution in [3.63, 3.8) is 0 Å². The molecule has 1 aromatic rings. The molecule has 1 aliphatic carbocycles. The molecule has 1 aromatic heterocycles. The molecule has 0 aromatic carbocycles. The van der Waals surface area contributed by atoms with Crippen molar-refractivity contribution >= 4 is 11.9 Å². The third-order valence-electron chi connectivity index (χ3n) is 3.94. The topological polar surface area (TPSA) is 121 Å². The summed E-state index contributed by atoms with van der Waals surface area (Å²) < 4.78 is 1.11. The minimum Gasteiger partial charge on any atom is -0.480 e. The summed E-state index contributed by atoms with van der Waals surface area (Å²) in [5, 5.41) is 11.7. The maximum absolute atomic E-state index is 11.9. The molecule has 1 amide bonds. The lowest BCUT2D eigenvalue weighted by Gasteiger charge is -2.26. The van der Waals surface area contributed by atoms with Gasteiger partial charge in [0.2, 0.25) is 5.91 Å². The van der Waals surface area contributed by atoms with Crippen LogP contribution in [0, 0.1) is 5.92 Å². The van der Waals surface area contributed by atoms with Crippen molar-refractivity contribution < 1.29 is 14.7 Å². The molecule has 120 valence electrons. The summed E-state index contributed by atoms with van der Waals surface area (Å²) in [5.41, 5.74) is -0.783. The number of H-pyrrole nitrogens is 1. The van der Waals surface area contributed by atoms with Gasteiger partial charge in [0, 0.05) is 17.7 Å². The summed E-state index contributed by atoms with van der Waals surface area (Å²) in [6.07, 6.45) is 4.25. The van der Waals surface area contributed by atoms with Crippen LogP contribution in [0.3, 0.4) is 0 Å². The molecule has 0 bridgehead atoms. The van der Waals surface area contributed by atoms with Gasteiger partial charge in [-0.15, -0.1) is 0 Å². The molecular formula is C14H19N3O5. The lowest BCUT2D eigenvalue weighted by atomic mass is 9.84. The van der Waals surface area contributed by atoms with Crippen LogP contribution < -0.4 is 16.6 Å². The molecule has 8 heteroatoms. The van der Waals surface area contributed by atoms with Crippen LogP contribution in [0.2, 0.25) is 0 Å². The lowest BCUT2D eigenvalue weighted by molar-refractivity contribution is -0.143. The average molecular weight is 309 g/mol. The number of aliphatic carboxylic acids is 1. The van der Waals surface area contributed by atoms with E-state index < -0.39 is 23.3 Å². The van der Waals surface area contributed by atoms with Gasteiger partial charge >= 0.3 is 11.7 Å². The van der Waals surface area contributed by atoms with Gasteiger partial charge in [0.1, 0.15) is 6.04 Å². The fourth-order valence-corrected chi connectivity index (χ4v) is 2.28. The summed E-state index contributed by atoms with van der Waals surface area (Å²) in [6.45, 7) is 1.53. The Balaban J connectivity index is 2.17. The van der Waals surface area contributed by atoms with Crippen LogP contribution in [0.15, 0.2) is 15.8 Å². The fourth-order valence-electron chi connectivity index (χ4n) is 2.28. The van der Waals surface area contributed by atoms with Gasteiger partial charge in [-0.25, -0.2) is 9.59 Å². The number of carbonyl (C=O) groups excluding carboxylic acids is 1. The maximum Gasteiger partial charge on any atom is 0.328 e. The van der Waals surface area contributed by atoms with E-state index in [1.54, 1.807) is 6.92 Å². The van der Waals surface area contributed by atoms with Gasteiger partial charge in [-0.3, -0.25) is 19.1 Å². The van der Waals surface area contributed by atoms with Gasteiger partial charge in [0.15, 0.2) is 0 Å². The zero-order valence-electron chi connectivity index (χ0n) is 12.3. The molecule has 0 radical (unpaired) electrons. The SMILES string of the molecule is CCc1cn(CC(NC(=O)C2CCC2)C(=O)O)c(=O)[nH]c1=O. The van der Waals surface area contributed by atoms with E-state index in [4.69, 9.17) is 0 Å². The molecule has 0 aliphatic heterocycles. The predicted octanol–water partition coefficient (Wildman–Crippen LogP) is -0.531. The smallest absolute Gasteiger partial charge is 0.328 e. The number of aromatic amines is 1. The Hall–Kier alpha value is -2.38. The monoisotopic (exact) mass is 309 g/mol. The zero-order chi connectivity index (χ0) is 16.3. The maximum atomic E-state index is 11.9. The third-order valence-corrected chi connectivity index (χ3v) is 3.94. The second kappa shape index (κ2) is 6.59. The van der Waals surface area contributed by atoms with Gasteiger partial charge in [-0.2, -0.15) is 0 Å².